The molecule has 0 aliphatic heterocycles. The molecule has 0 fully saturated rings. The molecule has 0 atom stereocenters. The van der Waals surface area contributed by atoms with Gasteiger partial charge in [-0.15, -0.1) is 10.2 Å². The third kappa shape index (κ3) is 4.38. The summed E-state index contributed by atoms with van der Waals surface area (Å²) < 4.78 is 5.03. The van der Waals surface area contributed by atoms with Crippen molar-refractivity contribution >= 4 is 22.4 Å². The second kappa shape index (κ2) is 7.53. The molecule has 0 spiro atoms. The number of hydrogen-bond donors (Lipinski definition) is 2. The van der Waals surface area contributed by atoms with Crippen LogP contribution in [0.5, 0.6) is 5.88 Å². The van der Waals surface area contributed by atoms with Gasteiger partial charge in [-0.3, -0.25) is 4.79 Å². The second-order valence-electron chi connectivity index (χ2n) is 4.23. The minimum absolute atomic E-state index is 0.243. The number of methoxy groups -OCH3 is 1. The van der Waals surface area contributed by atoms with Gasteiger partial charge in [0.25, 0.3) is 5.91 Å². The molecule has 112 valence electrons. The van der Waals surface area contributed by atoms with Crippen molar-refractivity contribution in [3.05, 3.63) is 28.9 Å². The van der Waals surface area contributed by atoms with Crippen molar-refractivity contribution in [3.63, 3.8) is 0 Å². The minimum atomic E-state index is -0.243. The van der Waals surface area contributed by atoms with E-state index in [1.54, 1.807) is 19.4 Å². The first kappa shape index (κ1) is 15.2. The average Bonchev–Trinajstić information content (AvgIpc) is 2.99. The van der Waals surface area contributed by atoms with Gasteiger partial charge >= 0.3 is 0 Å². The number of ether oxygens (including phenoxy) is 1. The van der Waals surface area contributed by atoms with Gasteiger partial charge in [-0.05, 0) is 18.1 Å². The van der Waals surface area contributed by atoms with E-state index in [0.29, 0.717) is 22.6 Å². The number of hydrogen-bond acceptors (Lipinski definition) is 7. The fourth-order valence-electron chi connectivity index (χ4n) is 1.55. The zero-order chi connectivity index (χ0) is 15.1. The van der Waals surface area contributed by atoms with E-state index in [1.165, 1.54) is 11.3 Å². The summed E-state index contributed by atoms with van der Waals surface area (Å²) in [6.45, 7) is 3.26. The molecule has 2 aromatic rings. The van der Waals surface area contributed by atoms with Crippen LogP contribution < -0.4 is 15.4 Å². The number of rotatable bonds is 7. The molecular weight excluding hydrogens is 290 g/mol. The van der Waals surface area contributed by atoms with Crippen LogP contribution in [0.4, 0.5) is 5.13 Å². The Kier molecular flexibility index (Phi) is 5.44. The van der Waals surface area contributed by atoms with Crippen molar-refractivity contribution in [1.82, 2.24) is 20.5 Å². The van der Waals surface area contributed by atoms with Crippen molar-refractivity contribution in [2.75, 3.05) is 19.0 Å². The van der Waals surface area contributed by atoms with Crippen LogP contribution in [0.2, 0.25) is 0 Å². The van der Waals surface area contributed by atoms with Gasteiger partial charge in [-0.1, -0.05) is 18.3 Å². The molecule has 2 heterocycles. The quantitative estimate of drug-likeness (QED) is 0.809. The summed E-state index contributed by atoms with van der Waals surface area (Å²) in [6.07, 6.45) is 2.63. The molecule has 0 bridgehead atoms. The number of anilines is 1. The highest BCUT2D eigenvalue weighted by molar-refractivity contribution is 7.17. The first-order valence-corrected chi connectivity index (χ1v) is 7.39. The summed E-state index contributed by atoms with van der Waals surface area (Å²) in [5.41, 5.74) is 0.907. The number of amides is 1. The lowest BCUT2D eigenvalue weighted by Gasteiger charge is -2.04. The van der Waals surface area contributed by atoms with Crippen LogP contribution in [0.1, 0.15) is 28.7 Å². The normalized spacial score (nSPS) is 10.2. The lowest BCUT2D eigenvalue weighted by atomic mass is 10.2. The maximum absolute atomic E-state index is 12.0. The van der Waals surface area contributed by atoms with Gasteiger partial charge < -0.3 is 15.4 Å². The van der Waals surface area contributed by atoms with Crippen LogP contribution in [0, 0.1) is 0 Å². The first-order valence-electron chi connectivity index (χ1n) is 6.57. The van der Waals surface area contributed by atoms with E-state index in [4.69, 9.17) is 4.74 Å². The highest BCUT2D eigenvalue weighted by atomic mass is 32.1. The number of nitrogens with zero attached hydrogens (tertiary/aromatic N) is 3. The number of nitrogens with one attached hydrogen (secondary N) is 2. The van der Waals surface area contributed by atoms with Crippen molar-refractivity contribution in [1.29, 1.82) is 0 Å². The lowest BCUT2D eigenvalue weighted by Crippen LogP contribution is -2.22. The van der Waals surface area contributed by atoms with Gasteiger partial charge in [-0.25, -0.2) is 4.98 Å². The van der Waals surface area contributed by atoms with Gasteiger partial charge in [0.2, 0.25) is 16.0 Å². The Balaban J connectivity index is 1.90. The summed E-state index contributed by atoms with van der Waals surface area (Å²) >= 11 is 1.24. The molecule has 0 saturated carbocycles. The van der Waals surface area contributed by atoms with E-state index in [9.17, 15) is 4.79 Å². The van der Waals surface area contributed by atoms with E-state index < -0.39 is 0 Å². The van der Waals surface area contributed by atoms with Crippen LogP contribution in [0.15, 0.2) is 18.3 Å². The molecule has 0 aliphatic rings. The fourth-order valence-corrected chi connectivity index (χ4v) is 2.23. The Hall–Kier alpha value is -2.22. The average molecular weight is 307 g/mol. The molecule has 0 unspecified atom stereocenters. The Morgan fingerprint density at radius 3 is 3.05 bits per heavy atom. The highest BCUT2D eigenvalue weighted by Crippen LogP contribution is 2.15. The van der Waals surface area contributed by atoms with E-state index in [0.717, 1.165) is 18.5 Å². The molecule has 2 aromatic heterocycles. The largest absolute Gasteiger partial charge is 0.481 e. The van der Waals surface area contributed by atoms with Gasteiger partial charge in [0.05, 0.1) is 7.11 Å². The van der Waals surface area contributed by atoms with Crippen LogP contribution >= 0.6 is 11.3 Å². The molecule has 0 aromatic carbocycles. The zero-order valence-electron chi connectivity index (χ0n) is 11.9. The molecule has 7 nitrogen and oxygen atoms in total. The van der Waals surface area contributed by atoms with E-state index in [1.807, 2.05) is 6.07 Å². The predicted octanol–water partition coefficient (Wildman–Crippen LogP) is 1.69. The van der Waals surface area contributed by atoms with Gasteiger partial charge in [0, 0.05) is 25.4 Å². The number of pyridine rings is 1. The first-order chi connectivity index (χ1) is 10.2. The Bertz CT molecular complexity index is 602. The number of carbonyl (C=O) groups is 1. The lowest BCUT2D eigenvalue weighted by molar-refractivity contribution is 0.0949. The number of carbonyl (C=O) groups excluding carboxylic acids is 1. The van der Waals surface area contributed by atoms with Crippen LogP contribution in [-0.2, 0) is 6.54 Å². The molecule has 0 saturated heterocycles. The molecule has 0 radical (unpaired) electrons. The zero-order valence-corrected chi connectivity index (χ0v) is 12.7. The summed E-state index contributed by atoms with van der Waals surface area (Å²) in [7, 11) is 1.55. The fraction of sp³-hybridized carbons (Fsp3) is 0.385. The van der Waals surface area contributed by atoms with E-state index in [-0.39, 0.29) is 5.91 Å². The smallest absolute Gasteiger partial charge is 0.282 e. The maximum atomic E-state index is 12.0. The molecule has 2 rings (SSSR count). The second-order valence-corrected chi connectivity index (χ2v) is 5.21. The monoisotopic (exact) mass is 307 g/mol. The summed E-state index contributed by atoms with van der Waals surface area (Å²) in [6, 6.07) is 3.59. The third-order valence-electron chi connectivity index (χ3n) is 2.61. The molecule has 1 amide bonds. The van der Waals surface area contributed by atoms with Crippen LogP contribution in [0.3, 0.4) is 0 Å². The topological polar surface area (TPSA) is 89.0 Å². The summed E-state index contributed by atoms with van der Waals surface area (Å²) in [5, 5.41) is 14.7. The van der Waals surface area contributed by atoms with Crippen molar-refractivity contribution < 1.29 is 9.53 Å². The Labute approximate surface area is 126 Å². The number of aromatic nitrogens is 3. The molecule has 2 N–H and O–H groups in total. The SMILES string of the molecule is CCCNc1nnc(C(=O)NCc2ccnc(OC)c2)s1. The predicted molar refractivity (Wildman–Crippen MR) is 80.6 cm³/mol. The standard InChI is InChI=1S/C13H17N5O2S/c1-3-5-15-13-18-17-12(21-13)11(19)16-8-9-4-6-14-10(7-9)20-2/h4,6-7H,3,5,8H2,1-2H3,(H,15,18)(H,16,19). The summed E-state index contributed by atoms with van der Waals surface area (Å²) in [4.78, 5) is 16.0. The third-order valence-corrected chi connectivity index (χ3v) is 3.49. The van der Waals surface area contributed by atoms with Crippen molar-refractivity contribution in [2.45, 2.75) is 19.9 Å². The Morgan fingerprint density at radius 2 is 2.29 bits per heavy atom. The van der Waals surface area contributed by atoms with Crippen LogP contribution in [0.25, 0.3) is 0 Å². The summed E-state index contributed by atoms with van der Waals surface area (Å²) in [5.74, 6) is 0.275. The van der Waals surface area contributed by atoms with E-state index >= 15 is 0 Å². The van der Waals surface area contributed by atoms with E-state index in [2.05, 4.69) is 32.7 Å². The molecular formula is C13H17N5O2S. The molecule has 21 heavy (non-hydrogen) atoms. The van der Waals surface area contributed by atoms with Crippen LogP contribution in [-0.4, -0.2) is 34.7 Å². The van der Waals surface area contributed by atoms with Gasteiger partial charge in [-0.2, -0.15) is 0 Å². The minimum Gasteiger partial charge on any atom is -0.481 e. The van der Waals surface area contributed by atoms with Crippen molar-refractivity contribution in [3.8, 4) is 5.88 Å². The molecule has 8 heteroatoms. The Morgan fingerprint density at radius 1 is 1.43 bits per heavy atom. The molecule has 0 aliphatic carbocycles. The van der Waals surface area contributed by atoms with Crippen molar-refractivity contribution in [2.24, 2.45) is 0 Å². The van der Waals surface area contributed by atoms with Gasteiger partial charge in [0.1, 0.15) is 0 Å². The van der Waals surface area contributed by atoms with Gasteiger partial charge in [0.15, 0.2) is 0 Å². The maximum Gasteiger partial charge on any atom is 0.282 e. The highest BCUT2D eigenvalue weighted by Gasteiger charge is 2.12.